The summed E-state index contributed by atoms with van der Waals surface area (Å²) in [6, 6.07) is 2.08. The first-order chi connectivity index (χ1) is 13.1. The van der Waals surface area contributed by atoms with E-state index in [1.54, 1.807) is 12.4 Å². The first-order valence-corrected chi connectivity index (χ1v) is 9.80. The number of hydrogen-bond donors (Lipinski definition) is 1. The first-order valence-electron chi connectivity index (χ1n) is 9.80. The molecule has 3 rings (SSSR count). The molecule has 0 spiro atoms. The van der Waals surface area contributed by atoms with E-state index in [1.807, 2.05) is 36.4 Å². The van der Waals surface area contributed by atoms with Crippen molar-refractivity contribution in [1.82, 2.24) is 29.9 Å². The lowest BCUT2D eigenvalue weighted by atomic mass is 10.1. The predicted octanol–water partition coefficient (Wildman–Crippen LogP) is 1.68. The molecule has 0 bridgehead atoms. The van der Waals surface area contributed by atoms with Crippen molar-refractivity contribution in [1.29, 1.82) is 0 Å². The molecule has 0 atom stereocenters. The van der Waals surface area contributed by atoms with Crippen LogP contribution in [0.1, 0.15) is 51.0 Å². The molecular weight excluding hydrogens is 356 g/mol. The van der Waals surface area contributed by atoms with E-state index in [4.69, 9.17) is 0 Å². The molecule has 0 radical (unpaired) electrons. The van der Waals surface area contributed by atoms with Crippen molar-refractivity contribution in [2.24, 2.45) is 0 Å². The molecule has 8 heteroatoms. The Hall–Kier alpha value is -2.48. The van der Waals surface area contributed by atoms with Crippen molar-refractivity contribution >= 4 is 22.8 Å². The molecule has 152 valence electrons. The molecule has 2 amide bonds. The van der Waals surface area contributed by atoms with Gasteiger partial charge in [-0.25, -0.2) is 9.67 Å². The minimum Gasteiger partial charge on any atom is -0.350 e. The summed E-state index contributed by atoms with van der Waals surface area (Å²) >= 11 is 0. The van der Waals surface area contributed by atoms with Gasteiger partial charge in [-0.1, -0.05) is 0 Å². The number of amides is 2. The number of piperazine rings is 1. The van der Waals surface area contributed by atoms with Crippen LogP contribution in [0.5, 0.6) is 0 Å². The highest BCUT2D eigenvalue weighted by Crippen LogP contribution is 2.18. The number of carbonyl (C=O) groups is 2. The molecule has 0 saturated carbocycles. The summed E-state index contributed by atoms with van der Waals surface area (Å²) in [5, 5.41) is 8.20. The highest BCUT2D eigenvalue weighted by molar-refractivity contribution is 5.97. The van der Waals surface area contributed by atoms with Crippen LogP contribution in [0, 0.1) is 0 Å². The number of fused-ring (bicyclic) bond motifs is 1. The zero-order valence-electron chi connectivity index (χ0n) is 17.4. The highest BCUT2D eigenvalue weighted by atomic mass is 16.2. The van der Waals surface area contributed by atoms with Crippen molar-refractivity contribution in [3.63, 3.8) is 0 Å². The van der Waals surface area contributed by atoms with E-state index < -0.39 is 0 Å². The standard InChI is InChI=1S/C20H30N6O2/c1-14(2)26-18-15(12-22-26)10-16(11-21-18)19(28)25-8-6-24(7-9-25)13-17(27)23-20(3,4)5/h10-12,14H,6-9,13H2,1-5H3,(H,23,27). The normalized spacial score (nSPS) is 16.0. The van der Waals surface area contributed by atoms with Crippen LogP contribution >= 0.6 is 0 Å². The number of aromatic nitrogens is 3. The van der Waals surface area contributed by atoms with E-state index in [-0.39, 0.29) is 23.4 Å². The second-order valence-corrected chi connectivity index (χ2v) is 8.69. The Bertz CT molecular complexity index is 859. The summed E-state index contributed by atoms with van der Waals surface area (Å²) in [4.78, 5) is 33.3. The molecule has 1 fully saturated rings. The fraction of sp³-hybridized carbons (Fsp3) is 0.600. The van der Waals surface area contributed by atoms with Gasteiger partial charge >= 0.3 is 0 Å². The zero-order chi connectivity index (χ0) is 20.5. The van der Waals surface area contributed by atoms with Crippen LogP contribution in [0.3, 0.4) is 0 Å². The molecule has 1 aliphatic rings. The monoisotopic (exact) mass is 386 g/mol. The van der Waals surface area contributed by atoms with Gasteiger partial charge < -0.3 is 10.2 Å². The average Bonchev–Trinajstić information content (AvgIpc) is 3.03. The average molecular weight is 387 g/mol. The Morgan fingerprint density at radius 1 is 1.14 bits per heavy atom. The van der Waals surface area contributed by atoms with Crippen LogP contribution < -0.4 is 5.32 Å². The van der Waals surface area contributed by atoms with Gasteiger partial charge in [0.1, 0.15) is 0 Å². The van der Waals surface area contributed by atoms with E-state index in [2.05, 4.69) is 34.1 Å². The van der Waals surface area contributed by atoms with Crippen LogP contribution in [0.4, 0.5) is 0 Å². The van der Waals surface area contributed by atoms with Crippen molar-refractivity contribution in [2.45, 2.75) is 46.2 Å². The Labute approximate surface area is 165 Å². The van der Waals surface area contributed by atoms with Crippen LogP contribution in [0.15, 0.2) is 18.5 Å². The Morgan fingerprint density at radius 3 is 2.43 bits per heavy atom. The summed E-state index contributed by atoms with van der Waals surface area (Å²) < 4.78 is 1.85. The van der Waals surface area contributed by atoms with E-state index in [9.17, 15) is 9.59 Å². The maximum Gasteiger partial charge on any atom is 0.255 e. The van der Waals surface area contributed by atoms with Crippen molar-refractivity contribution < 1.29 is 9.59 Å². The van der Waals surface area contributed by atoms with Crippen LogP contribution in [0.25, 0.3) is 11.0 Å². The van der Waals surface area contributed by atoms with E-state index in [0.29, 0.717) is 38.3 Å². The van der Waals surface area contributed by atoms with Crippen LogP contribution in [-0.4, -0.2) is 74.6 Å². The highest BCUT2D eigenvalue weighted by Gasteiger charge is 2.25. The molecule has 1 N–H and O–H groups in total. The SMILES string of the molecule is CC(C)n1ncc2cc(C(=O)N3CCN(CC(=O)NC(C)(C)C)CC3)cnc21. The summed E-state index contributed by atoms with van der Waals surface area (Å²) in [6.45, 7) is 12.9. The predicted molar refractivity (Wildman–Crippen MR) is 108 cm³/mol. The van der Waals surface area contributed by atoms with Gasteiger partial charge in [-0.3, -0.25) is 14.5 Å². The maximum atomic E-state index is 12.9. The molecule has 2 aromatic rings. The van der Waals surface area contributed by atoms with E-state index in [0.717, 1.165) is 11.0 Å². The number of rotatable bonds is 4. The summed E-state index contributed by atoms with van der Waals surface area (Å²) in [7, 11) is 0. The van der Waals surface area contributed by atoms with Gasteiger partial charge in [0.05, 0.1) is 18.3 Å². The fourth-order valence-corrected chi connectivity index (χ4v) is 3.39. The lowest BCUT2D eigenvalue weighted by Crippen LogP contribution is -2.52. The van der Waals surface area contributed by atoms with Crippen LogP contribution in [-0.2, 0) is 4.79 Å². The zero-order valence-corrected chi connectivity index (χ0v) is 17.4. The number of nitrogens with one attached hydrogen (secondary N) is 1. The molecule has 1 saturated heterocycles. The van der Waals surface area contributed by atoms with E-state index >= 15 is 0 Å². The maximum absolute atomic E-state index is 12.9. The molecule has 1 aliphatic heterocycles. The van der Waals surface area contributed by atoms with Crippen LogP contribution in [0.2, 0.25) is 0 Å². The molecule has 0 aromatic carbocycles. The summed E-state index contributed by atoms with van der Waals surface area (Å²) in [5.74, 6) is -0.00502. The number of hydrogen-bond acceptors (Lipinski definition) is 5. The lowest BCUT2D eigenvalue weighted by molar-refractivity contribution is -0.124. The first kappa shape index (κ1) is 20.3. The van der Waals surface area contributed by atoms with Gasteiger partial charge in [0.15, 0.2) is 5.65 Å². The minimum atomic E-state index is -0.232. The summed E-state index contributed by atoms with van der Waals surface area (Å²) in [5.41, 5.74) is 1.14. The Morgan fingerprint density at radius 2 is 1.82 bits per heavy atom. The van der Waals surface area contributed by atoms with Crippen molar-refractivity contribution in [3.8, 4) is 0 Å². The van der Waals surface area contributed by atoms with Gasteiger partial charge in [0, 0.05) is 49.3 Å². The molecule has 8 nitrogen and oxygen atoms in total. The number of pyridine rings is 1. The molecule has 0 aliphatic carbocycles. The topological polar surface area (TPSA) is 83.4 Å². The number of nitrogens with zero attached hydrogens (tertiary/aromatic N) is 5. The van der Waals surface area contributed by atoms with Gasteiger partial charge in [0.25, 0.3) is 5.91 Å². The number of carbonyl (C=O) groups excluding carboxylic acids is 2. The Kier molecular flexibility index (Phi) is 5.69. The third-order valence-electron chi connectivity index (χ3n) is 4.71. The molecule has 0 unspecified atom stereocenters. The minimum absolute atomic E-state index is 0.0177. The third kappa shape index (κ3) is 4.67. The molecule has 2 aromatic heterocycles. The van der Waals surface area contributed by atoms with Crippen molar-refractivity contribution in [2.75, 3.05) is 32.7 Å². The summed E-state index contributed by atoms with van der Waals surface area (Å²) in [6.07, 6.45) is 3.39. The largest absolute Gasteiger partial charge is 0.350 e. The quantitative estimate of drug-likeness (QED) is 0.864. The Balaban J connectivity index is 1.59. The van der Waals surface area contributed by atoms with Gasteiger partial charge in [-0.15, -0.1) is 0 Å². The second kappa shape index (κ2) is 7.87. The fourth-order valence-electron chi connectivity index (χ4n) is 3.39. The third-order valence-corrected chi connectivity index (χ3v) is 4.71. The van der Waals surface area contributed by atoms with Gasteiger partial charge in [-0.05, 0) is 40.7 Å². The molecule has 28 heavy (non-hydrogen) atoms. The lowest BCUT2D eigenvalue weighted by Gasteiger charge is -2.34. The van der Waals surface area contributed by atoms with E-state index in [1.165, 1.54) is 0 Å². The smallest absolute Gasteiger partial charge is 0.255 e. The molecule has 3 heterocycles. The van der Waals surface area contributed by atoms with Crippen molar-refractivity contribution in [3.05, 3.63) is 24.0 Å². The molecular formula is C20H30N6O2. The second-order valence-electron chi connectivity index (χ2n) is 8.69. The van der Waals surface area contributed by atoms with Gasteiger partial charge in [0.2, 0.25) is 5.91 Å². The van der Waals surface area contributed by atoms with Gasteiger partial charge in [-0.2, -0.15) is 5.10 Å².